The first-order valence-electron chi connectivity index (χ1n) is 6.53. The van der Waals surface area contributed by atoms with Gasteiger partial charge in [0, 0.05) is 22.9 Å². The first-order chi connectivity index (χ1) is 8.47. The van der Waals surface area contributed by atoms with Gasteiger partial charge in [0.1, 0.15) is 5.82 Å². The minimum Gasteiger partial charge on any atom is -0.481 e. The summed E-state index contributed by atoms with van der Waals surface area (Å²) in [6, 6.07) is 0. The normalized spacial score (nSPS) is 23.3. The number of aryl methyl sites for hydroxylation is 2. The zero-order valence-corrected chi connectivity index (χ0v) is 11.2. The Labute approximate surface area is 107 Å². The molecule has 1 aliphatic rings. The lowest BCUT2D eigenvalue weighted by molar-refractivity contribution is -0.136. The zero-order valence-electron chi connectivity index (χ0n) is 11.2. The average molecular weight is 248 g/mol. The Morgan fingerprint density at radius 2 is 1.89 bits per heavy atom. The number of carboxylic acid groups (broad SMARTS) is 1. The number of aromatic nitrogens is 2. The van der Waals surface area contributed by atoms with E-state index in [0.29, 0.717) is 5.92 Å². The fourth-order valence-corrected chi connectivity index (χ4v) is 2.80. The largest absolute Gasteiger partial charge is 0.481 e. The predicted molar refractivity (Wildman–Crippen MR) is 68.6 cm³/mol. The molecule has 0 aromatic carbocycles. The van der Waals surface area contributed by atoms with Crippen molar-refractivity contribution in [3.63, 3.8) is 0 Å². The Hall–Kier alpha value is -1.45. The molecular weight excluding hydrogens is 228 g/mol. The fraction of sp³-hybridized carbons (Fsp3) is 0.643. The van der Waals surface area contributed by atoms with Gasteiger partial charge < -0.3 is 5.11 Å². The van der Waals surface area contributed by atoms with E-state index in [2.05, 4.69) is 16.9 Å². The summed E-state index contributed by atoms with van der Waals surface area (Å²) in [5.74, 6) is 1.28. The second-order valence-corrected chi connectivity index (χ2v) is 5.42. The molecule has 1 heterocycles. The molecule has 4 nitrogen and oxygen atoms in total. The Bertz CT molecular complexity index is 448. The first kappa shape index (κ1) is 13.0. The summed E-state index contributed by atoms with van der Waals surface area (Å²) in [5.41, 5.74) is 2.40. The summed E-state index contributed by atoms with van der Waals surface area (Å²) in [6.45, 7) is 6.03. The summed E-state index contributed by atoms with van der Waals surface area (Å²) in [6.07, 6.45) is 3.55. The van der Waals surface area contributed by atoms with Crippen molar-refractivity contribution in [2.45, 2.75) is 52.4 Å². The van der Waals surface area contributed by atoms with Gasteiger partial charge in [0.2, 0.25) is 0 Å². The first-order valence-corrected chi connectivity index (χ1v) is 6.53. The van der Waals surface area contributed by atoms with Gasteiger partial charge in [0.25, 0.3) is 0 Å². The van der Waals surface area contributed by atoms with Gasteiger partial charge in [-0.05, 0) is 39.0 Å². The molecule has 4 heteroatoms. The summed E-state index contributed by atoms with van der Waals surface area (Å²) in [5, 5.41) is 8.88. The second-order valence-electron chi connectivity index (χ2n) is 5.42. The SMILES string of the molecule is Cc1nc(C2CCC(C)C2)nc(C)c1CC(=O)O. The lowest BCUT2D eigenvalue weighted by Gasteiger charge is -2.13. The van der Waals surface area contributed by atoms with Crippen molar-refractivity contribution in [3.8, 4) is 0 Å². The van der Waals surface area contributed by atoms with Crippen LogP contribution in [0.1, 0.15) is 54.9 Å². The van der Waals surface area contributed by atoms with E-state index in [1.165, 1.54) is 6.42 Å². The number of hydrogen-bond acceptors (Lipinski definition) is 3. The highest BCUT2D eigenvalue weighted by Gasteiger charge is 2.26. The number of carbonyl (C=O) groups is 1. The third-order valence-electron chi connectivity index (χ3n) is 3.83. The van der Waals surface area contributed by atoms with Gasteiger partial charge >= 0.3 is 5.97 Å². The highest BCUT2D eigenvalue weighted by Crippen LogP contribution is 2.36. The van der Waals surface area contributed by atoms with Crippen molar-refractivity contribution in [1.82, 2.24) is 9.97 Å². The van der Waals surface area contributed by atoms with Crippen LogP contribution in [0.5, 0.6) is 0 Å². The molecular formula is C14H20N2O2. The Kier molecular flexibility index (Phi) is 3.64. The molecule has 1 fully saturated rings. The maximum atomic E-state index is 10.8. The molecule has 98 valence electrons. The molecule has 0 aliphatic heterocycles. The smallest absolute Gasteiger partial charge is 0.307 e. The van der Waals surface area contributed by atoms with Crippen molar-refractivity contribution in [3.05, 3.63) is 22.8 Å². The summed E-state index contributed by atoms with van der Waals surface area (Å²) in [4.78, 5) is 19.9. The fourth-order valence-electron chi connectivity index (χ4n) is 2.80. The Morgan fingerprint density at radius 1 is 1.28 bits per heavy atom. The van der Waals surface area contributed by atoms with Gasteiger partial charge in [-0.2, -0.15) is 0 Å². The van der Waals surface area contributed by atoms with E-state index < -0.39 is 5.97 Å². The molecule has 0 saturated heterocycles. The van der Waals surface area contributed by atoms with Gasteiger partial charge in [0.15, 0.2) is 0 Å². The van der Waals surface area contributed by atoms with E-state index >= 15 is 0 Å². The minimum atomic E-state index is -0.827. The van der Waals surface area contributed by atoms with Crippen molar-refractivity contribution in [1.29, 1.82) is 0 Å². The van der Waals surface area contributed by atoms with Crippen LogP contribution in [0.4, 0.5) is 0 Å². The number of rotatable bonds is 3. The van der Waals surface area contributed by atoms with Gasteiger partial charge in [-0.3, -0.25) is 4.79 Å². The van der Waals surface area contributed by atoms with Crippen LogP contribution in [0.3, 0.4) is 0 Å². The van der Waals surface area contributed by atoms with Crippen LogP contribution in [0.15, 0.2) is 0 Å². The van der Waals surface area contributed by atoms with Crippen LogP contribution >= 0.6 is 0 Å². The third-order valence-corrected chi connectivity index (χ3v) is 3.83. The number of carboxylic acids is 1. The van der Waals surface area contributed by atoms with E-state index in [9.17, 15) is 4.79 Å². The van der Waals surface area contributed by atoms with Crippen LogP contribution in [0.25, 0.3) is 0 Å². The molecule has 2 atom stereocenters. The van der Waals surface area contributed by atoms with Crippen LogP contribution in [-0.2, 0) is 11.2 Å². The molecule has 0 spiro atoms. The maximum absolute atomic E-state index is 10.8. The van der Waals surface area contributed by atoms with Crippen molar-refractivity contribution in [2.24, 2.45) is 5.92 Å². The third kappa shape index (κ3) is 2.68. The van der Waals surface area contributed by atoms with Gasteiger partial charge in [-0.15, -0.1) is 0 Å². The van der Waals surface area contributed by atoms with E-state index in [1.807, 2.05) is 13.8 Å². The lowest BCUT2D eigenvalue weighted by Crippen LogP contribution is -2.11. The van der Waals surface area contributed by atoms with E-state index in [4.69, 9.17) is 5.11 Å². The lowest BCUT2D eigenvalue weighted by atomic mass is 10.0. The Morgan fingerprint density at radius 3 is 2.33 bits per heavy atom. The number of aliphatic carboxylic acids is 1. The van der Waals surface area contributed by atoms with Crippen molar-refractivity contribution >= 4 is 5.97 Å². The molecule has 18 heavy (non-hydrogen) atoms. The summed E-state index contributed by atoms with van der Waals surface area (Å²) >= 11 is 0. The molecule has 2 unspecified atom stereocenters. The highest BCUT2D eigenvalue weighted by atomic mass is 16.4. The summed E-state index contributed by atoms with van der Waals surface area (Å²) < 4.78 is 0. The molecule has 0 radical (unpaired) electrons. The predicted octanol–water partition coefficient (Wildman–Crippen LogP) is 2.62. The average Bonchev–Trinajstić information content (AvgIpc) is 2.70. The van der Waals surface area contributed by atoms with Crippen LogP contribution in [-0.4, -0.2) is 21.0 Å². The van der Waals surface area contributed by atoms with Crippen molar-refractivity contribution < 1.29 is 9.90 Å². The van der Waals surface area contributed by atoms with E-state index in [1.54, 1.807) is 0 Å². The quantitative estimate of drug-likeness (QED) is 0.893. The molecule has 2 rings (SSSR count). The molecule has 1 saturated carbocycles. The number of nitrogens with zero attached hydrogens (tertiary/aromatic N) is 2. The number of hydrogen-bond donors (Lipinski definition) is 1. The van der Waals surface area contributed by atoms with Gasteiger partial charge in [-0.1, -0.05) is 6.92 Å². The van der Waals surface area contributed by atoms with Crippen LogP contribution in [0.2, 0.25) is 0 Å². The molecule has 0 amide bonds. The Balaban J connectivity index is 2.27. The monoisotopic (exact) mass is 248 g/mol. The molecule has 1 aromatic rings. The molecule has 1 N–H and O–H groups in total. The second kappa shape index (κ2) is 5.04. The molecule has 0 bridgehead atoms. The highest BCUT2D eigenvalue weighted by molar-refractivity contribution is 5.70. The standard InChI is InChI=1S/C14H20N2O2/c1-8-4-5-11(6-8)14-15-9(2)12(7-13(17)18)10(3)16-14/h8,11H,4-7H2,1-3H3,(H,17,18). The zero-order chi connectivity index (χ0) is 13.3. The maximum Gasteiger partial charge on any atom is 0.307 e. The van der Waals surface area contributed by atoms with Crippen LogP contribution < -0.4 is 0 Å². The van der Waals surface area contributed by atoms with Crippen LogP contribution in [0, 0.1) is 19.8 Å². The topological polar surface area (TPSA) is 63.1 Å². The molecule has 1 aromatic heterocycles. The van der Waals surface area contributed by atoms with E-state index in [0.717, 1.165) is 41.5 Å². The minimum absolute atomic E-state index is 0.0129. The summed E-state index contributed by atoms with van der Waals surface area (Å²) in [7, 11) is 0. The van der Waals surface area contributed by atoms with E-state index in [-0.39, 0.29) is 6.42 Å². The van der Waals surface area contributed by atoms with Crippen molar-refractivity contribution in [2.75, 3.05) is 0 Å². The van der Waals surface area contributed by atoms with Gasteiger partial charge in [0.05, 0.1) is 6.42 Å². The molecule has 1 aliphatic carbocycles. The van der Waals surface area contributed by atoms with Gasteiger partial charge in [-0.25, -0.2) is 9.97 Å².